The van der Waals surface area contributed by atoms with E-state index in [9.17, 15) is 4.79 Å². The molecular weight excluding hydrogens is 510 g/mol. The van der Waals surface area contributed by atoms with Crippen LogP contribution < -0.4 is 10.4 Å². The van der Waals surface area contributed by atoms with Gasteiger partial charge >= 0.3 is 0 Å². The predicted molar refractivity (Wildman–Crippen MR) is 165 cm³/mol. The summed E-state index contributed by atoms with van der Waals surface area (Å²) < 4.78 is 13.9. The average molecular weight is 550 g/mol. The van der Waals surface area contributed by atoms with Crippen LogP contribution in [0.2, 0.25) is 5.04 Å². The minimum atomic E-state index is -2.75. The standard InChI is InChI=1S/C35H39NO3Si/c1-5-26-38-35(28-17-9-6-10-18-28)32-24-16-15-23-31(32)33(37)36(35)25-27-39-40(34(2,3)4,29-19-11-7-12-20-29)30-21-13-8-14-22-30/h6-24H,5,25-27H2,1-4H3. The van der Waals surface area contributed by atoms with Crippen molar-refractivity contribution >= 4 is 24.6 Å². The number of hydrogen-bond acceptors (Lipinski definition) is 3. The molecule has 4 aromatic carbocycles. The Labute approximate surface area is 239 Å². The summed E-state index contributed by atoms with van der Waals surface area (Å²) in [6.07, 6.45) is 0.845. The third-order valence-electron chi connectivity index (χ3n) is 7.88. The number of carbonyl (C=O) groups is 1. The largest absolute Gasteiger partial charge is 0.406 e. The molecule has 1 unspecified atom stereocenters. The first-order chi connectivity index (χ1) is 19.4. The van der Waals surface area contributed by atoms with Crippen molar-refractivity contribution in [2.24, 2.45) is 0 Å². The van der Waals surface area contributed by atoms with Gasteiger partial charge in [0.15, 0.2) is 5.72 Å². The molecule has 0 saturated heterocycles. The van der Waals surface area contributed by atoms with Crippen molar-refractivity contribution in [2.75, 3.05) is 19.8 Å². The van der Waals surface area contributed by atoms with E-state index in [0.717, 1.165) is 17.5 Å². The Morgan fingerprint density at radius 1 is 0.725 bits per heavy atom. The zero-order valence-electron chi connectivity index (χ0n) is 24.0. The zero-order valence-corrected chi connectivity index (χ0v) is 25.0. The molecule has 4 aromatic rings. The van der Waals surface area contributed by atoms with E-state index in [0.29, 0.717) is 25.3 Å². The van der Waals surface area contributed by atoms with Crippen LogP contribution in [-0.4, -0.2) is 38.9 Å². The number of ether oxygens (including phenoxy) is 1. The summed E-state index contributed by atoms with van der Waals surface area (Å²) in [5.41, 5.74) is 1.53. The van der Waals surface area contributed by atoms with Crippen molar-refractivity contribution in [3.8, 4) is 0 Å². The fourth-order valence-electron chi connectivity index (χ4n) is 6.17. The molecule has 5 heteroatoms. The van der Waals surface area contributed by atoms with Gasteiger partial charge < -0.3 is 14.1 Å². The van der Waals surface area contributed by atoms with Gasteiger partial charge in [-0.1, -0.05) is 137 Å². The topological polar surface area (TPSA) is 38.8 Å². The van der Waals surface area contributed by atoms with Crippen molar-refractivity contribution in [3.05, 3.63) is 132 Å². The Morgan fingerprint density at radius 3 is 1.80 bits per heavy atom. The zero-order chi connectivity index (χ0) is 28.2. The summed E-state index contributed by atoms with van der Waals surface area (Å²) >= 11 is 0. The van der Waals surface area contributed by atoms with Crippen LogP contribution in [0.5, 0.6) is 0 Å². The first kappa shape index (κ1) is 28.0. The van der Waals surface area contributed by atoms with E-state index in [1.165, 1.54) is 10.4 Å². The van der Waals surface area contributed by atoms with E-state index in [1.807, 2.05) is 47.4 Å². The number of carbonyl (C=O) groups excluding carboxylic acids is 1. The molecule has 0 radical (unpaired) electrons. The molecule has 4 nitrogen and oxygen atoms in total. The number of hydrogen-bond donors (Lipinski definition) is 0. The van der Waals surface area contributed by atoms with Crippen molar-refractivity contribution in [1.29, 1.82) is 0 Å². The molecule has 0 N–H and O–H groups in total. The maximum atomic E-state index is 14.0. The summed E-state index contributed by atoms with van der Waals surface area (Å²) in [6.45, 7) is 10.2. The molecule has 0 aliphatic carbocycles. The third-order valence-corrected chi connectivity index (χ3v) is 12.9. The minimum Gasteiger partial charge on any atom is -0.406 e. The molecule has 1 aliphatic heterocycles. The normalized spacial score (nSPS) is 17.2. The molecule has 206 valence electrons. The third kappa shape index (κ3) is 4.72. The lowest BCUT2D eigenvalue weighted by atomic mass is 9.93. The highest BCUT2D eigenvalue weighted by molar-refractivity contribution is 6.99. The summed E-state index contributed by atoms with van der Waals surface area (Å²) in [7, 11) is -2.75. The second-order valence-electron chi connectivity index (χ2n) is 11.4. The van der Waals surface area contributed by atoms with Crippen LogP contribution in [0.3, 0.4) is 0 Å². The predicted octanol–water partition coefficient (Wildman–Crippen LogP) is 6.35. The van der Waals surface area contributed by atoms with E-state index in [2.05, 4.69) is 100 Å². The van der Waals surface area contributed by atoms with Gasteiger partial charge in [0.05, 0.1) is 6.61 Å². The lowest BCUT2D eigenvalue weighted by Crippen LogP contribution is -2.67. The summed E-state index contributed by atoms with van der Waals surface area (Å²) in [5, 5.41) is 2.30. The molecule has 0 fully saturated rings. The highest BCUT2D eigenvalue weighted by Crippen LogP contribution is 2.45. The highest BCUT2D eigenvalue weighted by Gasteiger charge is 2.53. The van der Waals surface area contributed by atoms with E-state index < -0.39 is 14.0 Å². The lowest BCUT2D eigenvalue weighted by molar-refractivity contribution is -0.110. The van der Waals surface area contributed by atoms with Crippen LogP contribution in [-0.2, 0) is 14.9 Å². The SMILES string of the molecule is CCCOC1(c2ccccc2)c2ccccc2C(=O)N1CCO[Si](c1ccccc1)(c1ccccc1)C(C)(C)C. The maximum absolute atomic E-state index is 14.0. The fraction of sp³-hybridized carbons (Fsp3) is 0.286. The van der Waals surface area contributed by atoms with Crippen LogP contribution in [0.4, 0.5) is 0 Å². The van der Waals surface area contributed by atoms with Crippen molar-refractivity contribution in [2.45, 2.75) is 44.9 Å². The lowest BCUT2D eigenvalue weighted by Gasteiger charge is -2.44. The molecule has 5 rings (SSSR count). The van der Waals surface area contributed by atoms with Crippen LogP contribution in [0.1, 0.15) is 55.6 Å². The van der Waals surface area contributed by atoms with Crippen LogP contribution >= 0.6 is 0 Å². The summed E-state index contributed by atoms with van der Waals surface area (Å²) in [6, 6.07) is 39.2. The van der Waals surface area contributed by atoms with E-state index in [4.69, 9.17) is 9.16 Å². The molecule has 40 heavy (non-hydrogen) atoms. The van der Waals surface area contributed by atoms with Gasteiger partial charge in [-0.05, 0) is 27.9 Å². The fourth-order valence-corrected chi connectivity index (χ4v) is 10.7. The molecule has 0 spiro atoms. The second-order valence-corrected chi connectivity index (χ2v) is 15.7. The average Bonchev–Trinajstić information content (AvgIpc) is 3.23. The number of nitrogens with zero attached hydrogens (tertiary/aromatic N) is 1. The number of rotatable bonds is 10. The Morgan fingerprint density at radius 2 is 1.25 bits per heavy atom. The highest BCUT2D eigenvalue weighted by atomic mass is 28.4. The Bertz CT molecular complexity index is 1380. The number of fused-ring (bicyclic) bond motifs is 1. The second kappa shape index (κ2) is 11.5. The molecule has 0 saturated carbocycles. The number of benzene rings is 4. The van der Waals surface area contributed by atoms with E-state index >= 15 is 0 Å². The van der Waals surface area contributed by atoms with Crippen LogP contribution in [0, 0.1) is 0 Å². The summed E-state index contributed by atoms with van der Waals surface area (Å²) in [5.74, 6) is -0.0263. The maximum Gasteiger partial charge on any atom is 0.261 e. The van der Waals surface area contributed by atoms with Crippen LogP contribution in [0.25, 0.3) is 0 Å². The van der Waals surface area contributed by atoms with Gasteiger partial charge in [0.2, 0.25) is 0 Å². The molecule has 1 amide bonds. The Balaban J connectivity index is 1.57. The van der Waals surface area contributed by atoms with Gasteiger partial charge in [0, 0.05) is 29.8 Å². The van der Waals surface area contributed by atoms with Gasteiger partial charge in [-0.25, -0.2) is 0 Å². The van der Waals surface area contributed by atoms with E-state index in [1.54, 1.807) is 0 Å². The van der Waals surface area contributed by atoms with Gasteiger partial charge in [0.25, 0.3) is 14.2 Å². The molecule has 1 heterocycles. The van der Waals surface area contributed by atoms with Crippen molar-refractivity contribution < 1.29 is 14.0 Å². The molecule has 1 aliphatic rings. The van der Waals surface area contributed by atoms with Gasteiger partial charge in [-0.15, -0.1) is 0 Å². The quantitative estimate of drug-likeness (QED) is 0.217. The minimum absolute atomic E-state index is 0.0263. The van der Waals surface area contributed by atoms with E-state index in [-0.39, 0.29) is 10.9 Å². The first-order valence-electron chi connectivity index (χ1n) is 14.2. The molecule has 1 atom stereocenters. The first-order valence-corrected chi connectivity index (χ1v) is 16.1. The van der Waals surface area contributed by atoms with Crippen molar-refractivity contribution in [1.82, 2.24) is 4.90 Å². The van der Waals surface area contributed by atoms with Crippen molar-refractivity contribution in [3.63, 3.8) is 0 Å². The number of amides is 1. The summed E-state index contributed by atoms with van der Waals surface area (Å²) in [4.78, 5) is 15.9. The van der Waals surface area contributed by atoms with Crippen LogP contribution in [0.15, 0.2) is 115 Å². The molecule has 0 bridgehead atoms. The monoisotopic (exact) mass is 549 g/mol. The Hall–Kier alpha value is -3.51. The molecular formula is C35H39NO3Si. The molecule has 0 aromatic heterocycles. The van der Waals surface area contributed by atoms with Gasteiger partial charge in [-0.3, -0.25) is 4.79 Å². The smallest absolute Gasteiger partial charge is 0.261 e. The van der Waals surface area contributed by atoms with Gasteiger partial charge in [0.1, 0.15) is 0 Å². The Kier molecular flexibility index (Phi) is 8.08. The van der Waals surface area contributed by atoms with Gasteiger partial charge in [-0.2, -0.15) is 0 Å².